The van der Waals surface area contributed by atoms with Crippen molar-refractivity contribution in [1.29, 1.82) is 0 Å². The van der Waals surface area contributed by atoms with E-state index in [1.807, 2.05) is 32.0 Å². The van der Waals surface area contributed by atoms with Crippen LogP contribution in [0.1, 0.15) is 27.2 Å². The highest BCUT2D eigenvalue weighted by Gasteiger charge is 2.13. The number of hydrogen-bond acceptors (Lipinski definition) is 6. The van der Waals surface area contributed by atoms with Crippen LogP contribution >= 0.6 is 0 Å². The van der Waals surface area contributed by atoms with Crippen LogP contribution in [0, 0.1) is 13.8 Å². The van der Waals surface area contributed by atoms with E-state index >= 15 is 0 Å². The predicted octanol–water partition coefficient (Wildman–Crippen LogP) is 4.24. The molecular weight excluding hydrogens is 352 g/mol. The van der Waals surface area contributed by atoms with E-state index in [0.29, 0.717) is 17.1 Å². The van der Waals surface area contributed by atoms with E-state index in [1.54, 1.807) is 43.3 Å². The van der Waals surface area contributed by atoms with Crippen molar-refractivity contribution in [2.45, 2.75) is 20.3 Å². The fraction of sp³-hybridized carbons (Fsp3) is 0.136. The number of benzene rings is 1. The van der Waals surface area contributed by atoms with Crippen molar-refractivity contribution in [3.8, 4) is 22.7 Å². The summed E-state index contributed by atoms with van der Waals surface area (Å²) >= 11 is 0. The second-order valence-electron chi connectivity index (χ2n) is 6.55. The zero-order valence-electron chi connectivity index (χ0n) is 15.6. The summed E-state index contributed by atoms with van der Waals surface area (Å²) in [5.74, 6) is 0.563. The normalized spacial score (nSPS) is 10.8. The molecule has 6 heteroatoms. The monoisotopic (exact) mass is 370 g/mol. The Bertz CT molecular complexity index is 1120. The average Bonchev–Trinajstić information content (AvgIpc) is 3.24. The molecule has 0 amide bonds. The van der Waals surface area contributed by atoms with Crippen LogP contribution in [0.2, 0.25) is 0 Å². The van der Waals surface area contributed by atoms with E-state index in [2.05, 4.69) is 19.9 Å². The Hall–Kier alpha value is -3.67. The molecule has 0 aliphatic rings. The molecule has 0 saturated carbocycles. The fourth-order valence-corrected chi connectivity index (χ4v) is 3.03. The first kappa shape index (κ1) is 17.7. The molecule has 0 aliphatic carbocycles. The molecule has 6 nitrogen and oxygen atoms in total. The van der Waals surface area contributed by atoms with Gasteiger partial charge in [-0.25, -0.2) is 4.98 Å². The van der Waals surface area contributed by atoms with Crippen molar-refractivity contribution >= 4 is 5.78 Å². The van der Waals surface area contributed by atoms with E-state index in [9.17, 15) is 4.79 Å². The van der Waals surface area contributed by atoms with E-state index in [-0.39, 0.29) is 12.2 Å². The highest BCUT2D eigenvalue weighted by Crippen LogP contribution is 2.27. The SMILES string of the molecule is Cc1cnccc1C(=O)Cc1cnc(-c2cc(-c3ncco3)ccc2C)cn1. The van der Waals surface area contributed by atoms with Gasteiger partial charge >= 0.3 is 0 Å². The number of aryl methyl sites for hydroxylation is 2. The first-order chi connectivity index (χ1) is 13.6. The number of aromatic nitrogens is 4. The van der Waals surface area contributed by atoms with Crippen molar-refractivity contribution in [3.63, 3.8) is 0 Å². The Balaban J connectivity index is 1.58. The number of hydrogen-bond donors (Lipinski definition) is 0. The molecule has 0 unspecified atom stereocenters. The number of pyridine rings is 1. The lowest BCUT2D eigenvalue weighted by molar-refractivity contribution is 0.0991. The third kappa shape index (κ3) is 3.57. The van der Waals surface area contributed by atoms with Crippen LogP contribution in [0.25, 0.3) is 22.7 Å². The fourth-order valence-electron chi connectivity index (χ4n) is 3.03. The molecule has 0 saturated heterocycles. The van der Waals surface area contributed by atoms with Crippen molar-refractivity contribution in [3.05, 3.63) is 83.9 Å². The van der Waals surface area contributed by atoms with Crippen LogP contribution in [0.5, 0.6) is 0 Å². The maximum Gasteiger partial charge on any atom is 0.225 e. The molecule has 0 bridgehead atoms. The van der Waals surface area contributed by atoms with Crippen LogP contribution in [0.15, 0.2) is 65.9 Å². The highest BCUT2D eigenvalue weighted by molar-refractivity contribution is 5.98. The number of rotatable bonds is 5. The lowest BCUT2D eigenvalue weighted by Crippen LogP contribution is -2.07. The zero-order valence-corrected chi connectivity index (χ0v) is 15.6. The maximum atomic E-state index is 12.5. The lowest BCUT2D eigenvalue weighted by atomic mass is 10.0. The number of oxazole rings is 1. The number of carbonyl (C=O) groups excluding carboxylic acids is 1. The smallest absolute Gasteiger partial charge is 0.225 e. The van der Waals surface area contributed by atoms with Crippen molar-refractivity contribution in [1.82, 2.24) is 19.9 Å². The van der Waals surface area contributed by atoms with Gasteiger partial charge in [0, 0.05) is 35.3 Å². The third-order valence-electron chi connectivity index (χ3n) is 4.56. The second kappa shape index (κ2) is 7.52. The molecule has 1 aromatic carbocycles. The maximum absolute atomic E-state index is 12.5. The summed E-state index contributed by atoms with van der Waals surface area (Å²) < 4.78 is 5.38. The van der Waals surface area contributed by atoms with E-state index < -0.39 is 0 Å². The largest absolute Gasteiger partial charge is 0.445 e. The topological polar surface area (TPSA) is 81.8 Å². The van der Waals surface area contributed by atoms with Gasteiger partial charge in [0.15, 0.2) is 5.78 Å². The predicted molar refractivity (Wildman–Crippen MR) is 105 cm³/mol. The zero-order chi connectivity index (χ0) is 19.5. The van der Waals surface area contributed by atoms with Crippen molar-refractivity contribution in [2.24, 2.45) is 0 Å². The standard InChI is InChI=1S/C22H18N4O2/c1-14-3-4-16(22-24-7-8-28-22)9-19(14)20-13-25-17(12-26-20)10-21(27)18-5-6-23-11-15(18)2/h3-9,11-13H,10H2,1-2H3. The van der Waals surface area contributed by atoms with Crippen LogP contribution in [-0.2, 0) is 6.42 Å². The summed E-state index contributed by atoms with van der Waals surface area (Å²) in [6.07, 6.45) is 10.0. The molecule has 0 N–H and O–H groups in total. The minimum absolute atomic E-state index is 0.00372. The molecule has 3 aromatic heterocycles. The minimum atomic E-state index is 0.00372. The van der Waals surface area contributed by atoms with Gasteiger partial charge in [0.2, 0.25) is 5.89 Å². The van der Waals surface area contributed by atoms with E-state index in [4.69, 9.17) is 4.42 Å². The minimum Gasteiger partial charge on any atom is -0.445 e. The van der Waals surface area contributed by atoms with Gasteiger partial charge in [0.05, 0.1) is 30.2 Å². The van der Waals surface area contributed by atoms with Gasteiger partial charge in [-0.15, -0.1) is 0 Å². The van der Waals surface area contributed by atoms with Crippen LogP contribution in [-0.4, -0.2) is 25.7 Å². The Kier molecular flexibility index (Phi) is 4.76. The quantitative estimate of drug-likeness (QED) is 0.489. The highest BCUT2D eigenvalue weighted by atomic mass is 16.3. The van der Waals surface area contributed by atoms with Gasteiger partial charge in [-0.1, -0.05) is 6.07 Å². The van der Waals surface area contributed by atoms with Gasteiger partial charge < -0.3 is 4.42 Å². The van der Waals surface area contributed by atoms with Gasteiger partial charge in [0.1, 0.15) is 6.26 Å². The molecule has 0 aliphatic heterocycles. The Morgan fingerprint density at radius 2 is 1.86 bits per heavy atom. The second-order valence-corrected chi connectivity index (χ2v) is 6.55. The van der Waals surface area contributed by atoms with Gasteiger partial charge in [0.25, 0.3) is 0 Å². The van der Waals surface area contributed by atoms with Crippen LogP contribution < -0.4 is 0 Å². The summed E-state index contributed by atoms with van der Waals surface area (Å²) in [4.78, 5) is 29.7. The number of nitrogens with zero attached hydrogens (tertiary/aromatic N) is 4. The molecule has 138 valence electrons. The summed E-state index contributed by atoms with van der Waals surface area (Å²) in [5, 5.41) is 0. The summed E-state index contributed by atoms with van der Waals surface area (Å²) in [6, 6.07) is 7.68. The molecule has 3 heterocycles. The van der Waals surface area contributed by atoms with Gasteiger partial charge in [-0.3, -0.25) is 19.7 Å². The molecule has 0 fully saturated rings. The van der Waals surface area contributed by atoms with Crippen molar-refractivity contribution in [2.75, 3.05) is 0 Å². The number of Topliss-reactive ketones (excluding diaryl/α,β-unsaturated/α-hetero) is 1. The third-order valence-corrected chi connectivity index (χ3v) is 4.56. The Morgan fingerprint density at radius 1 is 0.964 bits per heavy atom. The van der Waals surface area contributed by atoms with Crippen molar-refractivity contribution < 1.29 is 9.21 Å². The van der Waals surface area contributed by atoms with E-state index in [0.717, 1.165) is 27.9 Å². The van der Waals surface area contributed by atoms with Crippen LogP contribution in [0.4, 0.5) is 0 Å². The lowest BCUT2D eigenvalue weighted by Gasteiger charge is -2.08. The molecule has 4 aromatic rings. The summed E-state index contributed by atoms with van der Waals surface area (Å²) in [5.41, 5.74) is 5.78. The molecule has 28 heavy (non-hydrogen) atoms. The average molecular weight is 370 g/mol. The molecule has 0 spiro atoms. The van der Waals surface area contributed by atoms with Gasteiger partial charge in [-0.05, 0) is 43.2 Å². The Morgan fingerprint density at radius 3 is 2.57 bits per heavy atom. The molecule has 0 atom stereocenters. The first-order valence-electron chi connectivity index (χ1n) is 8.87. The number of carbonyl (C=O) groups is 1. The first-order valence-corrected chi connectivity index (χ1v) is 8.87. The molecular formula is C22H18N4O2. The summed E-state index contributed by atoms with van der Waals surface area (Å²) in [6.45, 7) is 3.89. The van der Waals surface area contributed by atoms with Crippen LogP contribution in [0.3, 0.4) is 0 Å². The molecule has 0 radical (unpaired) electrons. The molecule has 4 rings (SSSR count). The number of ketones is 1. The van der Waals surface area contributed by atoms with E-state index in [1.165, 1.54) is 0 Å². The van der Waals surface area contributed by atoms with Gasteiger partial charge in [-0.2, -0.15) is 0 Å². The Labute approximate surface area is 162 Å². The summed E-state index contributed by atoms with van der Waals surface area (Å²) in [7, 11) is 0.